The largest absolute Gasteiger partial charge is 0.355 e. The molecule has 4 fully saturated rings. The summed E-state index contributed by atoms with van der Waals surface area (Å²) >= 11 is 3.97. The highest BCUT2D eigenvalue weighted by atomic mass is 79.9. The van der Waals surface area contributed by atoms with Gasteiger partial charge < -0.3 is 5.32 Å². The minimum absolute atomic E-state index is 0.0167. The van der Waals surface area contributed by atoms with Crippen LogP contribution in [-0.4, -0.2) is 35.7 Å². The van der Waals surface area contributed by atoms with Gasteiger partial charge in [0.1, 0.15) is 0 Å². The van der Waals surface area contributed by atoms with Crippen molar-refractivity contribution in [2.75, 3.05) is 12.3 Å². The van der Waals surface area contributed by atoms with Crippen molar-refractivity contribution in [3.8, 4) is 0 Å². The van der Waals surface area contributed by atoms with Crippen LogP contribution in [0.25, 0.3) is 0 Å². The molecule has 0 heterocycles. The van der Waals surface area contributed by atoms with E-state index in [0.29, 0.717) is 6.42 Å². The summed E-state index contributed by atoms with van der Waals surface area (Å²) in [6, 6.07) is 0. The van der Waals surface area contributed by atoms with Crippen LogP contribution in [0.4, 0.5) is 0 Å². The summed E-state index contributed by atoms with van der Waals surface area (Å²) < 4.78 is 23.7. The zero-order chi connectivity index (χ0) is 17.8. The first-order valence-electron chi connectivity index (χ1n) is 9.10. The van der Waals surface area contributed by atoms with E-state index in [0.717, 1.165) is 18.3 Å². The number of hydrogen-bond acceptors (Lipinski definition) is 3. The van der Waals surface area contributed by atoms with Gasteiger partial charge in [-0.1, -0.05) is 15.9 Å². The molecule has 4 saturated carbocycles. The average molecular weight is 420 g/mol. The summed E-state index contributed by atoms with van der Waals surface area (Å²) in [5.74, 6) is 1.57. The van der Waals surface area contributed by atoms with Crippen molar-refractivity contribution in [1.29, 1.82) is 0 Å². The Morgan fingerprint density at radius 3 is 2.25 bits per heavy atom. The Hall–Kier alpha value is -0.100. The van der Waals surface area contributed by atoms with Gasteiger partial charge in [0, 0.05) is 17.3 Å². The van der Waals surface area contributed by atoms with Crippen molar-refractivity contribution in [2.24, 2.45) is 17.3 Å². The van der Waals surface area contributed by atoms with Crippen LogP contribution in [0.5, 0.6) is 0 Å². The number of alkyl halides is 1. The number of carbonyl (C=O) groups is 1. The van der Waals surface area contributed by atoms with Crippen molar-refractivity contribution in [3.63, 3.8) is 0 Å². The van der Waals surface area contributed by atoms with Crippen LogP contribution < -0.4 is 5.32 Å². The third-order valence-electron chi connectivity index (χ3n) is 6.27. The molecule has 138 valence electrons. The van der Waals surface area contributed by atoms with Gasteiger partial charge in [0.05, 0.1) is 10.5 Å². The lowest BCUT2D eigenvalue weighted by Crippen LogP contribution is -2.54. The van der Waals surface area contributed by atoms with E-state index in [2.05, 4.69) is 21.2 Å². The summed E-state index contributed by atoms with van der Waals surface area (Å²) in [5, 5.41) is 2.86. The lowest BCUT2D eigenvalue weighted by atomic mass is 9.48. The minimum atomic E-state index is -3.18. The Labute approximate surface area is 154 Å². The van der Waals surface area contributed by atoms with Crippen LogP contribution in [0.15, 0.2) is 0 Å². The fourth-order valence-electron chi connectivity index (χ4n) is 5.58. The molecule has 0 aliphatic heterocycles. The first-order valence-corrected chi connectivity index (χ1v) is 11.5. The smallest absolute Gasteiger partial charge is 0.220 e. The number of sulfone groups is 1. The third kappa shape index (κ3) is 3.69. The average Bonchev–Trinajstić information content (AvgIpc) is 2.32. The molecule has 2 atom stereocenters. The molecule has 1 amide bonds. The highest BCUT2D eigenvalue weighted by molar-refractivity contribution is 9.10. The quantitative estimate of drug-likeness (QED) is 0.693. The summed E-state index contributed by atoms with van der Waals surface area (Å²) in [4.78, 5) is 12.4. The Balaban J connectivity index is 1.54. The van der Waals surface area contributed by atoms with E-state index in [1.165, 1.54) is 32.1 Å². The highest BCUT2D eigenvalue weighted by Gasteiger charge is 2.57. The molecule has 0 aromatic heterocycles. The molecule has 4 aliphatic carbocycles. The second kappa shape index (κ2) is 5.97. The van der Waals surface area contributed by atoms with Gasteiger partial charge >= 0.3 is 0 Å². The van der Waals surface area contributed by atoms with E-state index in [1.54, 1.807) is 20.8 Å². The second-order valence-corrected chi connectivity index (χ2v) is 14.1. The molecule has 4 rings (SSSR count). The molecule has 0 aromatic carbocycles. The molecule has 0 aromatic rings. The Morgan fingerprint density at radius 1 is 1.17 bits per heavy atom. The Kier molecular flexibility index (Phi) is 4.65. The van der Waals surface area contributed by atoms with Crippen molar-refractivity contribution in [2.45, 2.75) is 74.8 Å². The normalized spacial score (nSPS) is 38.3. The molecule has 4 nitrogen and oxygen atoms in total. The summed E-state index contributed by atoms with van der Waals surface area (Å²) in [5.41, 5.74) is 0.139. The van der Waals surface area contributed by atoms with Crippen molar-refractivity contribution >= 4 is 31.7 Å². The fourth-order valence-corrected chi connectivity index (χ4v) is 8.07. The van der Waals surface area contributed by atoms with Gasteiger partial charge in [-0.3, -0.25) is 4.79 Å². The zero-order valence-corrected chi connectivity index (χ0v) is 17.4. The molecule has 6 heteroatoms. The summed E-state index contributed by atoms with van der Waals surface area (Å²) in [6.45, 7) is 5.33. The fraction of sp³-hybridized carbons (Fsp3) is 0.944. The standard InChI is InChI=1S/C18H30BrNO3S/c1-16(2,3)24(22,23)5-4-20-15(21)11-17-7-13-6-14(8-17)10-18(19,9-13)12-17/h13-14H,4-12H2,1-3H3,(H,20,21). The van der Waals surface area contributed by atoms with E-state index < -0.39 is 14.6 Å². The summed E-state index contributed by atoms with van der Waals surface area (Å²) in [6.07, 6.45) is 7.85. The monoisotopic (exact) mass is 419 g/mol. The maximum absolute atomic E-state index is 12.4. The molecule has 0 saturated heterocycles. The third-order valence-corrected chi connectivity index (χ3v) is 9.81. The van der Waals surface area contributed by atoms with Gasteiger partial charge in [0.2, 0.25) is 5.91 Å². The van der Waals surface area contributed by atoms with Gasteiger partial charge in [-0.15, -0.1) is 0 Å². The number of halogens is 1. The van der Waals surface area contributed by atoms with Gasteiger partial charge in [-0.05, 0) is 76.5 Å². The van der Waals surface area contributed by atoms with Gasteiger partial charge in [-0.25, -0.2) is 8.42 Å². The number of carbonyl (C=O) groups excluding carboxylic acids is 1. The summed E-state index contributed by atoms with van der Waals surface area (Å²) in [7, 11) is -3.18. The first kappa shape index (κ1) is 18.7. The first-order chi connectivity index (χ1) is 10.9. The highest BCUT2D eigenvalue weighted by Crippen LogP contribution is 2.65. The lowest BCUT2D eigenvalue weighted by molar-refractivity contribution is -0.128. The molecule has 24 heavy (non-hydrogen) atoms. The number of nitrogens with one attached hydrogen (secondary N) is 1. The predicted octanol–water partition coefficient (Wildman–Crippen LogP) is 3.44. The van der Waals surface area contributed by atoms with Gasteiger partial charge in [0.15, 0.2) is 9.84 Å². The molecule has 2 unspecified atom stereocenters. The van der Waals surface area contributed by atoms with Gasteiger partial charge in [0.25, 0.3) is 0 Å². The predicted molar refractivity (Wildman–Crippen MR) is 99.9 cm³/mol. The molecule has 0 spiro atoms. The van der Waals surface area contributed by atoms with Crippen LogP contribution in [-0.2, 0) is 14.6 Å². The molecule has 0 radical (unpaired) electrons. The minimum Gasteiger partial charge on any atom is -0.355 e. The maximum atomic E-state index is 12.4. The van der Waals surface area contributed by atoms with Crippen LogP contribution >= 0.6 is 15.9 Å². The Bertz CT molecular complexity index is 609. The van der Waals surface area contributed by atoms with E-state index in [4.69, 9.17) is 0 Å². The molecular formula is C18H30BrNO3S. The van der Waals surface area contributed by atoms with Crippen LogP contribution in [0.3, 0.4) is 0 Å². The lowest BCUT2D eigenvalue weighted by Gasteiger charge is -2.60. The number of amides is 1. The van der Waals surface area contributed by atoms with Crippen molar-refractivity contribution in [3.05, 3.63) is 0 Å². The molecule has 1 N–H and O–H groups in total. The van der Waals surface area contributed by atoms with E-state index in [-0.39, 0.29) is 27.9 Å². The van der Waals surface area contributed by atoms with E-state index >= 15 is 0 Å². The van der Waals surface area contributed by atoms with Crippen LogP contribution in [0.1, 0.15) is 65.7 Å². The zero-order valence-electron chi connectivity index (χ0n) is 15.0. The topological polar surface area (TPSA) is 63.2 Å². The SMILES string of the molecule is CC(C)(C)S(=O)(=O)CCNC(=O)CC12CC3CC(CC(Br)(C3)C1)C2. The molecular weight excluding hydrogens is 390 g/mol. The maximum Gasteiger partial charge on any atom is 0.220 e. The van der Waals surface area contributed by atoms with Crippen molar-refractivity contribution in [1.82, 2.24) is 5.32 Å². The Morgan fingerprint density at radius 2 is 1.75 bits per heavy atom. The van der Waals surface area contributed by atoms with Gasteiger partial charge in [-0.2, -0.15) is 0 Å². The number of hydrogen-bond donors (Lipinski definition) is 1. The molecule has 4 aliphatic rings. The van der Waals surface area contributed by atoms with Crippen molar-refractivity contribution < 1.29 is 13.2 Å². The molecule has 4 bridgehead atoms. The van der Waals surface area contributed by atoms with Crippen LogP contribution in [0.2, 0.25) is 0 Å². The second-order valence-electron chi connectivity index (χ2n) is 9.57. The van der Waals surface area contributed by atoms with E-state index in [9.17, 15) is 13.2 Å². The van der Waals surface area contributed by atoms with E-state index in [1.807, 2.05) is 0 Å². The van der Waals surface area contributed by atoms with Crippen LogP contribution in [0, 0.1) is 17.3 Å². The number of rotatable bonds is 5.